The summed E-state index contributed by atoms with van der Waals surface area (Å²) < 4.78 is 27.1. The average Bonchev–Trinajstić information content (AvgIpc) is 3.42. The quantitative estimate of drug-likeness (QED) is 0.562. The lowest BCUT2D eigenvalue weighted by Gasteiger charge is -2.16. The first kappa shape index (κ1) is 17.8. The number of hydrogen-bond acceptors (Lipinski definition) is 8. The van der Waals surface area contributed by atoms with Gasteiger partial charge >= 0.3 is 5.97 Å². The zero-order chi connectivity index (χ0) is 20.1. The van der Waals surface area contributed by atoms with Gasteiger partial charge in [0.05, 0.1) is 0 Å². The standard InChI is InChI=1S/C21H19NO7/c1-22(2)6-5-11-7-15-16(27-9-26-15)8-13(11)18(23)19-12-3-4-14-20(28-10-25-14)17(12)21(24)29-19/h3-4,7-8,19H,5-6,9-10H2,1-2H3/t19-/m0/s1. The molecular formula is C21H19NO7. The van der Waals surface area contributed by atoms with E-state index < -0.39 is 12.1 Å². The number of fused-ring (bicyclic) bond motifs is 4. The number of rotatable bonds is 5. The van der Waals surface area contributed by atoms with E-state index >= 15 is 0 Å². The Balaban J connectivity index is 1.54. The van der Waals surface area contributed by atoms with Crippen molar-refractivity contribution in [3.8, 4) is 23.0 Å². The Morgan fingerprint density at radius 3 is 2.55 bits per heavy atom. The Bertz CT molecular complexity index is 1030. The minimum Gasteiger partial charge on any atom is -0.454 e. The molecule has 8 nitrogen and oxygen atoms in total. The number of Topliss-reactive ketones (excluding diaryl/α,β-unsaturated/α-hetero) is 1. The van der Waals surface area contributed by atoms with Gasteiger partial charge in [-0.3, -0.25) is 4.79 Å². The van der Waals surface area contributed by atoms with Gasteiger partial charge in [-0.15, -0.1) is 0 Å². The molecule has 3 aliphatic rings. The summed E-state index contributed by atoms with van der Waals surface area (Å²) in [5.74, 6) is 1.05. The summed E-state index contributed by atoms with van der Waals surface area (Å²) in [5, 5.41) is 0. The average molecular weight is 397 g/mol. The molecule has 2 aromatic carbocycles. The molecule has 0 unspecified atom stereocenters. The van der Waals surface area contributed by atoms with Crippen molar-refractivity contribution in [2.24, 2.45) is 0 Å². The number of hydrogen-bond donors (Lipinski definition) is 0. The number of esters is 1. The van der Waals surface area contributed by atoms with Gasteiger partial charge in [-0.05, 0) is 44.3 Å². The fourth-order valence-corrected chi connectivity index (χ4v) is 3.75. The summed E-state index contributed by atoms with van der Waals surface area (Å²) in [5.41, 5.74) is 2.02. The van der Waals surface area contributed by atoms with E-state index in [0.29, 0.717) is 40.5 Å². The van der Waals surface area contributed by atoms with Crippen molar-refractivity contribution in [2.75, 3.05) is 34.2 Å². The topological polar surface area (TPSA) is 83.5 Å². The summed E-state index contributed by atoms with van der Waals surface area (Å²) >= 11 is 0. The molecule has 3 aliphatic heterocycles. The van der Waals surface area contributed by atoms with Gasteiger partial charge in [0.15, 0.2) is 29.1 Å². The van der Waals surface area contributed by atoms with Crippen LogP contribution in [-0.4, -0.2) is 50.9 Å². The second kappa shape index (κ2) is 6.66. The first-order chi connectivity index (χ1) is 14.0. The first-order valence-corrected chi connectivity index (χ1v) is 9.28. The van der Waals surface area contributed by atoms with E-state index in [1.54, 1.807) is 18.2 Å². The Morgan fingerprint density at radius 1 is 1.03 bits per heavy atom. The zero-order valence-electron chi connectivity index (χ0n) is 16.0. The molecule has 1 atom stereocenters. The second-order valence-corrected chi connectivity index (χ2v) is 7.33. The van der Waals surface area contributed by atoms with Crippen LogP contribution in [0.5, 0.6) is 23.0 Å². The van der Waals surface area contributed by atoms with E-state index in [9.17, 15) is 9.59 Å². The highest BCUT2D eigenvalue weighted by Gasteiger charge is 2.42. The number of nitrogens with zero attached hydrogens (tertiary/aromatic N) is 1. The number of likely N-dealkylation sites (N-methyl/N-ethyl adjacent to an activating group) is 1. The van der Waals surface area contributed by atoms with Crippen LogP contribution in [0.3, 0.4) is 0 Å². The molecule has 150 valence electrons. The molecule has 0 fully saturated rings. The number of cyclic esters (lactones) is 1. The van der Waals surface area contributed by atoms with Gasteiger partial charge in [0, 0.05) is 17.7 Å². The van der Waals surface area contributed by atoms with Crippen molar-refractivity contribution >= 4 is 11.8 Å². The summed E-state index contributed by atoms with van der Waals surface area (Å²) in [6.07, 6.45) is -0.398. The van der Waals surface area contributed by atoms with Crippen molar-refractivity contribution in [2.45, 2.75) is 12.5 Å². The molecule has 0 spiro atoms. The predicted molar refractivity (Wildman–Crippen MR) is 99.9 cm³/mol. The van der Waals surface area contributed by atoms with E-state index in [-0.39, 0.29) is 24.9 Å². The number of benzene rings is 2. The Labute approximate surface area is 166 Å². The number of ether oxygens (including phenoxy) is 5. The minimum atomic E-state index is -1.04. The highest BCUT2D eigenvalue weighted by Crippen LogP contribution is 2.46. The maximum atomic E-state index is 13.5. The molecule has 5 rings (SSSR count). The third kappa shape index (κ3) is 2.87. The van der Waals surface area contributed by atoms with Crippen molar-refractivity contribution < 1.29 is 33.3 Å². The van der Waals surface area contributed by atoms with Crippen molar-refractivity contribution in [1.82, 2.24) is 4.90 Å². The van der Waals surface area contributed by atoms with Gasteiger partial charge in [-0.25, -0.2) is 4.79 Å². The minimum absolute atomic E-state index is 0.0362. The fraction of sp³-hybridized carbons (Fsp3) is 0.333. The zero-order valence-corrected chi connectivity index (χ0v) is 16.0. The molecule has 0 bridgehead atoms. The molecule has 0 saturated heterocycles. The van der Waals surface area contributed by atoms with Gasteiger partial charge in [0.2, 0.25) is 19.4 Å². The molecule has 2 aromatic rings. The molecule has 0 aromatic heterocycles. The summed E-state index contributed by atoms with van der Waals surface area (Å²) in [6.45, 7) is 0.902. The highest BCUT2D eigenvalue weighted by molar-refractivity contribution is 6.09. The van der Waals surface area contributed by atoms with Gasteiger partial charge < -0.3 is 28.6 Å². The lowest BCUT2D eigenvalue weighted by Crippen LogP contribution is -2.19. The second-order valence-electron chi connectivity index (χ2n) is 7.33. The van der Waals surface area contributed by atoms with Crippen LogP contribution in [0.15, 0.2) is 24.3 Å². The number of carbonyl (C=O) groups is 2. The van der Waals surface area contributed by atoms with Crippen LogP contribution < -0.4 is 18.9 Å². The third-order valence-corrected chi connectivity index (χ3v) is 5.21. The molecule has 0 aliphatic carbocycles. The smallest absolute Gasteiger partial charge is 0.343 e. The molecule has 3 heterocycles. The van der Waals surface area contributed by atoms with Crippen molar-refractivity contribution in [1.29, 1.82) is 0 Å². The molecule has 0 radical (unpaired) electrons. The summed E-state index contributed by atoms with van der Waals surface area (Å²) in [4.78, 5) is 28.0. The van der Waals surface area contributed by atoms with Crippen LogP contribution in [0.2, 0.25) is 0 Å². The van der Waals surface area contributed by atoms with Crippen LogP contribution in [0.4, 0.5) is 0 Å². The largest absolute Gasteiger partial charge is 0.454 e. The molecule has 0 N–H and O–H groups in total. The van der Waals surface area contributed by atoms with E-state index in [1.807, 2.05) is 25.1 Å². The molecule has 0 saturated carbocycles. The van der Waals surface area contributed by atoms with Crippen LogP contribution in [0.25, 0.3) is 0 Å². The highest BCUT2D eigenvalue weighted by atomic mass is 16.7. The summed E-state index contributed by atoms with van der Waals surface area (Å²) in [6, 6.07) is 6.88. The maximum Gasteiger partial charge on any atom is 0.343 e. The Morgan fingerprint density at radius 2 is 1.76 bits per heavy atom. The molecule has 29 heavy (non-hydrogen) atoms. The predicted octanol–water partition coefficient (Wildman–Crippen LogP) is 2.34. The van der Waals surface area contributed by atoms with Gasteiger partial charge in [0.1, 0.15) is 5.56 Å². The van der Waals surface area contributed by atoms with E-state index in [4.69, 9.17) is 23.7 Å². The SMILES string of the molecule is CN(C)CCc1cc2c(cc1C(=O)[C@H]1OC(=O)c3c1ccc1c3OCO1)OCO2. The van der Waals surface area contributed by atoms with Crippen molar-refractivity contribution in [3.05, 3.63) is 46.5 Å². The van der Waals surface area contributed by atoms with Gasteiger partial charge in [0.25, 0.3) is 0 Å². The maximum absolute atomic E-state index is 13.5. The first-order valence-electron chi connectivity index (χ1n) is 9.28. The van der Waals surface area contributed by atoms with E-state index in [0.717, 1.165) is 12.1 Å². The Hall–Kier alpha value is -3.26. The number of ketones is 1. The van der Waals surface area contributed by atoms with Crippen LogP contribution >= 0.6 is 0 Å². The number of carbonyl (C=O) groups excluding carboxylic acids is 2. The fourth-order valence-electron chi connectivity index (χ4n) is 3.75. The monoisotopic (exact) mass is 397 g/mol. The van der Waals surface area contributed by atoms with Gasteiger partial charge in [-0.2, -0.15) is 0 Å². The Kier molecular flexibility index (Phi) is 4.09. The van der Waals surface area contributed by atoms with Crippen LogP contribution in [0.1, 0.15) is 37.9 Å². The van der Waals surface area contributed by atoms with Crippen molar-refractivity contribution in [3.63, 3.8) is 0 Å². The third-order valence-electron chi connectivity index (χ3n) is 5.21. The molecular weight excluding hydrogens is 378 g/mol. The normalized spacial score (nSPS) is 18.2. The van der Waals surface area contributed by atoms with E-state index in [2.05, 4.69) is 0 Å². The van der Waals surface area contributed by atoms with Crippen LogP contribution in [-0.2, 0) is 11.2 Å². The van der Waals surface area contributed by atoms with Crippen LogP contribution in [0, 0.1) is 0 Å². The van der Waals surface area contributed by atoms with E-state index in [1.165, 1.54) is 0 Å². The lowest BCUT2D eigenvalue weighted by molar-refractivity contribution is 0.0352. The van der Waals surface area contributed by atoms with Gasteiger partial charge in [-0.1, -0.05) is 6.07 Å². The molecule has 8 heteroatoms. The summed E-state index contributed by atoms with van der Waals surface area (Å²) in [7, 11) is 3.93. The molecule has 0 amide bonds. The lowest BCUT2D eigenvalue weighted by atomic mass is 9.93.